The molecule has 17 heavy (non-hydrogen) atoms. The second kappa shape index (κ2) is 7.62. The lowest BCUT2D eigenvalue weighted by molar-refractivity contribution is -0.136. The number of aliphatic hydroxyl groups is 1. The van der Waals surface area contributed by atoms with Crippen molar-refractivity contribution in [1.82, 2.24) is 4.31 Å². The molecule has 0 spiro atoms. The van der Waals surface area contributed by atoms with E-state index in [9.17, 15) is 13.2 Å². The molecule has 0 rings (SSSR count). The van der Waals surface area contributed by atoms with E-state index in [4.69, 9.17) is 10.2 Å². The Morgan fingerprint density at radius 2 is 1.82 bits per heavy atom. The van der Waals surface area contributed by atoms with E-state index in [1.54, 1.807) is 0 Å². The summed E-state index contributed by atoms with van der Waals surface area (Å²) in [5.74, 6) is -1.55. The van der Waals surface area contributed by atoms with Gasteiger partial charge < -0.3 is 10.2 Å². The largest absolute Gasteiger partial charge is 0.481 e. The molecule has 0 amide bonds. The zero-order valence-corrected chi connectivity index (χ0v) is 11.1. The van der Waals surface area contributed by atoms with E-state index in [1.807, 2.05) is 13.8 Å². The fourth-order valence-electron chi connectivity index (χ4n) is 1.68. The minimum Gasteiger partial charge on any atom is -0.481 e. The maximum atomic E-state index is 11.9. The monoisotopic (exact) mass is 267 g/mol. The first-order chi connectivity index (χ1) is 7.88. The predicted octanol–water partition coefficient (Wildman–Crippen LogP) is 0.274. The van der Waals surface area contributed by atoms with Gasteiger partial charge in [-0.2, -0.15) is 4.31 Å². The number of carboxylic acids is 1. The highest BCUT2D eigenvalue weighted by atomic mass is 32.2. The summed E-state index contributed by atoms with van der Waals surface area (Å²) in [7, 11) is -3.61. The second-order valence-electron chi connectivity index (χ2n) is 3.76. The number of sulfonamides is 1. The van der Waals surface area contributed by atoms with Crippen LogP contribution in [0, 0.1) is 0 Å². The molecule has 0 saturated carbocycles. The van der Waals surface area contributed by atoms with Gasteiger partial charge >= 0.3 is 5.97 Å². The smallest absolute Gasteiger partial charge is 0.304 e. The third-order valence-electron chi connectivity index (χ3n) is 2.60. The van der Waals surface area contributed by atoms with Crippen molar-refractivity contribution >= 4 is 16.0 Å². The van der Waals surface area contributed by atoms with Crippen molar-refractivity contribution in [2.24, 2.45) is 0 Å². The van der Waals surface area contributed by atoms with Crippen molar-refractivity contribution in [3.63, 3.8) is 0 Å². The Balaban J connectivity index is 4.83. The van der Waals surface area contributed by atoms with Crippen molar-refractivity contribution in [2.45, 2.75) is 39.2 Å². The summed E-state index contributed by atoms with van der Waals surface area (Å²) in [6.07, 6.45) is 0.871. The minimum absolute atomic E-state index is 0.0221. The Kier molecular flexibility index (Phi) is 7.33. The first-order valence-electron chi connectivity index (χ1n) is 5.71. The molecule has 0 aromatic heterocycles. The summed E-state index contributed by atoms with van der Waals surface area (Å²) in [5, 5.41) is 17.4. The van der Waals surface area contributed by atoms with E-state index in [1.165, 1.54) is 4.31 Å². The molecule has 7 heteroatoms. The summed E-state index contributed by atoms with van der Waals surface area (Å²) in [4.78, 5) is 10.4. The molecule has 0 aliphatic rings. The van der Waals surface area contributed by atoms with E-state index < -0.39 is 28.2 Å². The fourth-order valence-corrected chi connectivity index (χ4v) is 3.46. The van der Waals surface area contributed by atoms with E-state index in [0.29, 0.717) is 12.8 Å². The summed E-state index contributed by atoms with van der Waals surface area (Å²) in [6, 6.07) is -0.180. The molecule has 6 nitrogen and oxygen atoms in total. The molecule has 2 N–H and O–H groups in total. The normalized spacial score (nSPS) is 12.3. The second-order valence-corrected chi connectivity index (χ2v) is 5.81. The zero-order chi connectivity index (χ0) is 13.5. The molecule has 0 aromatic rings. The van der Waals surface area contributed by atoms with Crippen LogP contribution in [0.25, 0.3) is 0 Å². The fraction of sp³-hybridized carbons (Fsp3) is 0.900. The minimum atomic E-state index is -3.61. The Morgan fingerprint density at radius 1 is 1.29 bits per heavy atom. The van der Waals surface area contributed by atoms with Crippen molar-refractivity contribution in [3.8, 4) is 0 Å². The van der Waals surface area contributed by atoms with Crippen LogP contribution in [0.3, 0.4) is 0 Å². The number of hydrogen-bond acceptors (Lipinski definition) is 4. The first kappa shape index (κ1) is 16.3. The molecule has 0 unspecified atom stereocenters. The highest BCUT2D eigenvalue weighted by Crippen LogP contribution is 2.14. The predicted molar refractivity (Wildman–Crippen MR) is 64.2 cm³/mol. The van der Waals surface area contributed by atoms with Crippen LogP contribution in [-0.2, 0) is 14.8 Å². The summed E-state index contributed by atoms with van der Waals surface area (Å²) in [6.45, 7) is 3.49. The molecule has 0 saturated heterocycles. The number of carbonyl (C=O) groups is 1. The zero-order valence-electron chi connectivity index (χ0n) is 10.3. The average molecular weight is 267 g/mol. The van der Waals surface area contributed by atoms with Crippen LogP contribution in [0.5, 0.6) is 0 Å². The van der Waals surface area contributed by atoms with Gasteiger partial charge in [-0.25, -0.2) is 8.42 Å². The maximum Gasteiger partial charge on any atom is 0.304 e. The molecule has 0 bridgehead atoms. The lowest BCUT2D eigenvalue weighted by Gasteiger charge is -2.28. The van der Waals surface area contributed by atoms with Gasteiger partial charge in [0.25, 0.3) is 0 Å². The Labute approximate surface area is 102 Å². The van der Waals surface area contributed by atoms with E-state index in [0.717, 1.165) is 0 Å². The molecule has 0 aromatic carbocycles. The number of hydrogen-bond donors (Lipinski definition) is 2. The highest BCUT2D eigenvalue weighted by molar-refractivity contribution is 7.89. The van der Waals surface area contributed by atoms with E-state index in [-0.39, 0.29) is 19.2 Å². The van der Waals surface area contributed by atoms with Gasteiger partial charge in [0.1, 0.15) is 0 Å². The summed E-state index contributed by atoms with van der Waals surface area (Å²) < 4.78 is 25.1. The summed E-state index contributed by atoms with van der Waals surface area (Å²) in [5.41, 5.74) is 0. The van der Waals surface area contributed by atoms with E-state index >= 15 is 0 Å². The summed E-state index contributed by atoms with van der Waals surface area (Å²) >= 11 is 0. The Bertz CT molecular complexity index is 324. The highest BCUT2D eigenvalue weighted by Gasteiger charge is 2.27. The van der Waals surface area contributed by atoms with E-state index in [2.05, 4.69) is 0 Å². The van der Waals surface area contributed by atoms with Crippen molar-refractivity contribution < 1.29 is 23.4 Å². The standard InChI is InChI=1S/C10H21NO5S/c1-3-9(4-2)11(6-7-12)17(15,16)8-5-10(13)14/h9,12H,3-8H2,1-2H3,(H,13,14). The van der Waals surface area contributed by atoms with Gasteiger partial charge in [-0.15, -0.1) is 0 Å². The van der Waals surface area contributed by atoms with Crippen LogP contribution in [0.4, 0.5) is 0 Å². The number of aliphatic carboxylic acids is 1. The molecule has 0 radical (unpaired) electrons. The lowest BCUT2D eigenvalue weighted by Crippen LogP contribution is -2.43. The SMILES string of the molecule is CCC(CC)N(CCO)S(=O)(=O)CCC(=O)O. The van der Waals surface area contributed by atoms with Crippen LogP contribution in [-0.4, -0.2) is 53.9 Å². The van der Waals surface area contributed by atoms with Crippen LogP contribution >= 0.6 is 0 Å². The van der Waals surface area contributed by atoms with Crippen molar-refractivity contribution in [2.75, 3.05) is 18.9 Å². The Morgan fingerprint density at radius 3 is 2.18 bits per heavy atom. The topological polar surface area (TPSA) is 94.9 Å². The van der Waals surface area contributed by atoms with Gasteiger partial charge in [-0.05, 0) is 12.8 Å². The molecule has 0 atom stereocenters. The quantitative estimate of drug-likeness (QED) is 0.625. The maximum absolute atomic E-state index is 11.9. The first-order valence-corrected chi connectivity index (χ1v) is 7.32. The van der Waals surface area contributed by atoms with Crippen LogP contribution < -0.4 is 0 Å². The van der Waals surface area contributed by atoms with Gasteiger partial charge in [0.15, 0.2) is 0 Å². The molecule has 0 aliphatic carbocycles. The molecule has 0 fully saturated rings. The molecular weight excluding hydrogens is 246 g/mol. The van der Waals surface area contributed by atoms with Gasteiger partial charge in [-0.3, -0.25) is 4.79 Å². The van der Waals surface area contributed by atoms with Gasteiger partial charge in [0, 0.05) is 12.6 Å². The van der Waals surface area contributed by atoms with Crippen LogP contribution in [0.1, 0.15) is 33.1 Å². The molecule has 0 heterocycles. The van der Waals surface area contributed by atoms with Crippen LogP contribution in [0.2, 0.25) is 0 Å². The van der Waals surface area contributed by atoms with Crippen molar-refractivity contribution in [3.05, 3.63) is 0 Å². The van der Waals surface area contributed by atoms with Crippen molar-refractivity contribution in [1.29, 1.82) is 0 Å². The number of carboxylic acid groups (broad SMARTS) is 1. The van der Waals surface area contributed by atoms with Crippen LogP contribution in [0.15, 0.2) is 0 Å². The average Bonchev–Trinajstić information content (AvgIpc) is 2.27. The number of nitrogens with zero attached hydrogens (tertiary/aromatic N) is 1. The molecule has 102 valence electrons. The van der Waals surface area contributed by atoms with Gasteiger partial charge in [0.05, 0.1) is 18.8 Å². The molecular formula is C10H21NO5S. The lowest BCUT2D eigenvalue weighted by atomic mass is 10.2. The number of rotatable bonds is 9. The van der Waals surface area contributed by atoms with Gasteiger partial charge in [0.2, 0.25) is 10.0 Å². The van der Waals surface area contributed by atoms with Gasteiger partial charge in [-0.1, -0.05) is 13.8 Å². The third-order valence-corrected chi connectivity index (χ3v) is 4.52. The third kappa shape index (κ3) is 5.47. The number of aliphatic hydroxyl groups excluding tert-OH is 1. The Hall–Kier alpha value is -0.660. The molecule has 0 aliphatic heterocycles.